The van der Waals surface area contributed by atoms with Crippen molar-refractivity contribution in [2.45, 2.75) is 20.3 Å². The number of pyridine rings is 1. The number of aryl methyl sites for hydroxylation is 1. The van der Waals surface area contributed by atoms with Crippen molar-refractivity contribution in [3.63, 3.8) is 0 Å². The van der Waals surface area contributed by atoms with Gasteiger partial charge in [-0.25, -0.2) is 0 Å². The Balaban J connectivity index is 2.53. The highest BCUT2D eigenvalue weighted by Crippen LogP contribution is 2.31. The van der Waals surface area contributed by atoms with Crippen LogP contribution in [0.5, 0.6) is 0 Å². The zero-order valence-corrected chi connectivity index (χ0v) is 13.3. The molecular formula is C17H25N3. The molecule has 20 heavy (non-hydrogen) atoms. The van der Waals surface area contributed by atoms with Gasteiger partial charge in [0.05, 0.1) is 11.2 Å². The zero-order valence-electron chi connectivity index (χ0n) is 13.3. The van der Waals surface area contributed by atoms with Crippen LogP contribution in [-0.2, 0) is 6.42 Å². The van der Waals surface area contributed by atoms with Gasteiger partial charge < -0.3 is 9.80 Å². The first-order chi connectivity index (χ1) is 9.54. The van der Waals surface area contributed by atoms with Gasteiger partial charge in [0, 0.05) is 31.2 Å². The number of rotatable bonds is 5. The fraction of sp³-hybridized carbons (Fsp3) is 0.471. The molecule has 3 heteroatoms. The van der Waals surface area contributed by atoms with Crippen molar-refractivity contribution in [1.29, 1.82) is 0 Å². The van der Waals surface area contributed by atoms with Crippen molar-refractivity contribution in [3.8, 4) is 0 Å². The Morgan fingerprint density at radius 1 is 1.05 bits per heavy atom. The standard InChI is InChI=1S/C17H25N3/c1-6-14-13(2)18-16-10-8-7-9-15(16)17(14)20(5)12-11-19(3)4/h7-10H,6,11-12H2,1-5H3. The van der Waals surface area contributed by atoms with Crippen LogP contribution in [-0.4, -0.2) is 44.1 Å². The average molecular weight is 271 g/mol. The van der Waals surface area contributed by atoms with Gasteiger partial charge in [0.15, 0.2) is 0 Å². The molecule has 2 rings (SSSR count). The molecule has 0 spiro atoms. The van der Waals surface area contributed by atoms with Crippen LogP contribution in [0.3, 0.4) is 0 Å². The molecule has 2 aromatic rings. The summed E-state index contributed by atoms with van der Waals surface area (Å²) in [6, 6.07) is 8.44. The van der Waals surface area contributed by atoms with Gasteiger partial charge in [-0.1, -0.05) is 25.1 Å². The predicted molar refractivity (Wildman–Crippen MR) is 87.7 cm³/mol. The number of nitrogens with zero attached hydrogens (tertiary/aromatic N) is 3. The van der Waals surface area contributed by atoms with Gasteiger partial charge in [-0.3, -0.25) is 4.98 Å². The number of hydrogen-bond donors (Lipinski definition) is 0. The van der Waals surface area contributed by atoms with E-state index in [1.165, 1.54) is 16.6 Å². The third-order valence-electron chi connectivity index (χ3n) is 3.79. The average Bonchev–Trinajstić information content (AvgIpc) is 2.43. The summed E-state index contributed by atoms with van der Waals surface area (Å²) in [4.78, 5) is 9.34. The maximum atomic E-state index is 4.75. The second kappa shape index (κ2) is 6.23. The van der Waals surface area contributed by atoms with Crippen LogP contribution in [0.2, 0.25) is 0 Å². The molecule has 0 aliphatic rings. The molecule has 0 radical (unpaired) electrons. The highest BCUT2D eigenvalue weighted by molar-refractivity contribution is 5.93. The first-order valence-corrected chi connectivity index (χ1v) is 7.28. The summed E-state index contributed by atoms with van der Waals surface area (Å²) >= 11 is 0. The minimum Gasteiger partial charge on any atom is -0.372 e. The van der Waals surface area contributed by atoms with E-state index in [-0.39, 0.29) is 0 Å². The van der Waals surface area contributed by atoms with Crippen LogP contribution in [0, 0.1) is 6.92 Å². The Morgan fingerprint density at radius 3 is 2.40 bits per heavy atom. The molecule has 0 bridgehead atoms. The molecular weight excluding hydrogens is 246 g/mol. The molecule has 0 amide bonds. The van der Waals surface area contributed by atoms with Crippen molar-refractivity contribution < 1.29 is 0 Å². The fourth-order valence-electron chi connectivity index (χ4n) is 2.67. The second-order valence-corrected chi connectivity index (χ2v) is 5.62. The lowest BCUT2D eigenvalue weighted by atomic mass is 10.0. The van der Waals surface area contributed by atoms with Gasteiger partial charge >= 0.3 is 0 Å². The van der Waals surface area contributed by atoms with E-state index >= 15 is 0 Å². The third kappa shape index (κ3) is 2.93. The topological polar surface area (TPSA) is 19.4 Å². The number of fused-ring (bicyclic) bond motifs is 1. The molecule has 0 saturated carbocycles. The van der Waals surface area contributed by atoms with E-state index in [2.05, 4.69) is 69.1 Å². The summed E-state index contributed by atoms with van der Waals surface area (Å²) in [6.45, 7) is 6.40. The molecule has 0 saturated heterocycles. The van der Waals surface area contributed by atoms with E-state index in [9.17, 15) is 0 Å². The molecule has 0 atom stereocenters. The maximum Gasteiger partial charge on any atom is 0.0726 e. The molecule has 108 valence electrons. The quantitative estimate of drug-likeness (QED) is 0.833. The molecule has 0 unspecified atom stereocenters. The number of anilines is 1. The molecule has 0 aliphatic carbocycles. The molecule has 1 aromatic carbocycles. The minimum absolute atomic E-state index is 1.02. The Kier molecular flexibility index (Phi) is 4.61. The lowest BCUT2D eigenvalue weighted by Crippen LogP contribution is -2.29. The van der Waals surface area contributed by atoms with Gasteiger partial charge in [-0.15, -0.1) is 0 Å². The van der Waals surface area contributed by atoms with E-state index in [0.29, 0.717) is 0 Å². The normalized spacial score (nSPS) is 11.3. The molecule has 3 nitrogen and oxygen atoms in total. The predicted octanol–water partition coefficient (Wildman–Crippen LogP) is 3.10. The van der Waals surface area contributed by atoms with Crippen LogP contribution in [0.4, 0.5) is 5.69 Å². The molecule has 1 aromatic heterocycles. The molecule has 0 fully saturated rings. The second-order valence-electron chi connectivity index (χ2n) is 5.62. The van der Waals surface area contributed by atoms with Crippen LogP contribution in [0.15, 0.2) is 24.3 Å². The lowest BCUT2D eigenvalue weighted by Gasteiger charge is -2.26. The molecule has 0 N–H and O–H groups in total. The number of para-hydroxylation sites is 1. The van der Waals surface area contributed by atoms with Gasteiger partial charge in [0.1, 0.15) is 0 Å². The van der Waals surface area contributed by atoms with Gasteiger partial charge in [-0.05, 0) is 39.1 Å². The summed E-state index contributed by atoms with van der Waals surface area (Å²) in [5.74, 6) is 0. The maximum absolute atomic E-state index is 4.75. The molecule has 1 heterocycles. The van der Waals surface area contributed by atoms with E-state index in [4.69, 9.17) is 4.98 Å². The Bertz CT molecular complexity index is 590. The summed E-state index contributed by atoms with van der Waals surface area (Å²) in [6.07, 6.45) is 1.02. The zero-order chi connectivity index (χ0) is 14.7. The van der Waals surface area contributed by atoms with Crippen LogP contribution >= 0.6 is 0 Å². The Labute approximate surface area is 122 Å². The third-order valence-corrected chi connectivity index (χ3v) is 3.79. The number of likely N-dealkylation sites (N-methyl/N-ethyl adjacent to an activating group) is 2. The smallest absolute Gasteiger partial charge is 0.0726 e. The van der Waals surface area contributed by atoms with Crippen LogP contribution in [0.1, 0.15) is 18.2 Å². The number of hydrogen-bond acceptors (Lipinski definition) is 3. The largest absolute Gasteiger partial charge is 0.372 e. The van der Waals surface area contributed by atoms with Gasteiger partial charge in [0.25, 0.3) is 0 Å². The van der Waals surface area contributed by atoms with E-state index < -0.39 is 0 Å². The van der Waals surface area contributed by atoms with Gasteiger partial charge in [0.2, 0.25) is 0 Å². The van der Waals surface area contributed by atoms with E-state index in [1.54, 1.807) is 0 Å². The SMILES string of the molecule is CCc1c(C)nc2ccccc2c1N(C)CCN(C)C. The van der Waals surface area contributed by atoms with E-state index in [0.717, 1.165) is 30.7 Å². The van der Waals surface area contributed by atoms with Crippen LogP contribution < -0.4 is 4.90 Å². The summed E-state index contributed by atoms with van der Waals surface area (Å²) in [5.41, 5.74) is 4.95. The Hall–Kier alpha value is -1.61. The van der Waals surface area contributed by atoms with Crippen molar-refractivity contribution >= 4 is 16.6 Å². The fourth-order valence-corrected chi connectivity index (χ4v) is 2.67. The first kappa shape index (κ1) is 14.8. The number of benzene rings is 1. The van der Waals surface area contributed by atoms with Crippen molar-refractivity contribution in [2.75, 3.05) is 39.1 Å². The van der Waals surface area contributed by atoms with Crippen molar-refractivity contribution in [3.05, 3.63) is 35.5 Å². The first-order valence-electron chi connectivity index (χ1n) is 7.28. The van der Waals surface area contributed by atoms with Crippen molar-refractivity contribution in [1.82, 2.24) is 9.88 Å². The van der Waals surface area contributed by atoms with Crippen LogP contribution in [0.25, 0.3) is 10.9 Å². The Morgan fingerprint density at radius 2 is 1.75 bits per heavy atom. The highest BCUT2D eigenvalue weighted by atomic mass is 15.2. The monoisotopic (exact) mass is 271 g/mol. The molecule has 0 aliphatic heterocycles. The van der Waals surface area contributed by atoms with Gasteiger partial charge in [-0.2, -0.15) is 0 Å². The summed E-state index contributed by atoms with van der Waals surface area (Å²) in [7, 11) is 6.42. The summed E-state index contributed by atoms with van der Waals surface area (Å²) < 4.78 is 0. The minimum atomic E-state index is 1.02. The van der Waals surface area contributed by atoms with Crippen molar-refractivity contribution in [2.24, 2.45) is 0 Å². The number of aromatic nitrogens is 1. The van der Waals surface area contributed by atoms with E-state index in [1.807, 2.05) is 0 Å². The lowest BCUT2D eigenvalue weighted by molar-refractivity contribution is 0.416. The summed E-state index contributed by atoms with van der Waals surface area (Å²) in [5, 5.41) is 1.26. The highest BCUT2D eigenvalue weighted by Gasteiger charge is 2.14.